The van der Waals surface area contributed by atoms with Crippen molar-refractivity contribution < 1.29 is 18.9 Å². The molecule has 0 saturated carbocycles. The summed E-state index contributed by atoms with van der Waals surface area (Å²) in [7, 11) is 6.51. The van der Waals surface area contributed by atoms with Crippen molar-refractivity contribution in [2.75, 3.05) is 28.4 Å². The summed E-state index contributed by atoms with van der Waals surface area (Å²) in [6.45, 7) is 0. The predicted molar refractivity (Wildman–Crippen MR) is 117 cm³/mol. The highest BCUT2D eigenvalue weighted by molar-refractivity contribution is 5.85. The molecule has 6 nitrogen and oxygen atoms in total. The Balaban J connectivity index is 1.91. The van der Waals surface area contributed by atoms with E-state index in [1.165, 1.54) is 0 Å². The third kappa shape index (κ3) is 3.37. The molecule has 0 N–H and O–H groups in total. The normalized spacial score (nSPS) is 10.7. The van der Waals surface area contributed by atoms with Gasteiger partial charge in [-0.3, -0.25) is 0 Å². The van der Waals surface area contributed by atoms with E-state index in [1.807, 2.05) is 60.7 Å². The van der Waals surface area contributed by atoms with Gasteiger partial charge in [-0.05, 0) is 48.5 Å². The molecule has 2 aromatic carbocycles. The summed E-state index contributed by atoms with van der Waals surface area (Å²) < 4.78 is 22.1. The highest BCUT2D eigenvalue weighted by Crippen LogP contribution is 2.39. The minimum Gasteiger partial charge on any atom is -0.496 e. The molecule has 0 atom stereocenters. The second-order valence-electron chi connectivity index (χ2n) is 6.51. The van der Waals surface area contributed by atoms with Gasteiger partial charge >= 0.3 is 0 Å². The molecule has 2 heterocycles. The zero-order valence-electron chi connectivity index (χ0n) is 17.3. The van der Waals surface area contributed by atoms with E-state index in [4.69, 9.17) is 28.9 Å². The predicted octanol–water partition coefficient (Wildman–Crippen LogP) is 5.00. The molecule has 0 radical (unpaired) electrons. The molecule has 6 heteroatoms. The lowest BCUT2D eigenvalue weighted by Crippen LogP contribution is -1.97. The Morgan fingerprint density at radius 1 is 0.500 bits per heavy atom. The van der Waals surface area contributed by atoms with E-state index >= 15 is 0 Å². The first-order valence-corrected chi connectivity index (χ1v) is 9.40. The number of nitrogens with zero attached hydrogens (tertiary/aromatic N) is 2. The highest BCUT2D eigenvalue weighted by Gasteiger charge is 2.17. The molecule has 30 heavy (non-hydrogen) atoms. The van der Waals surface area contributed by atoms with Crippen molar-refractivity contribution >= 4 is 11.0 Å². The van der Waals surface area contributed by atoms with E-state index in [-0.39, 0.29) is 0 Å². The summed E-state index contributed by atoms with van der Waals surface area (Å²) in [5.41, 5.74) is 3.60. The van der Waals surface area contributed by atoms with Crippen LogP contribution < -0.4 is 18.9 Å². The molecule has 0 bridgehead atoms. The van der Waals surface area contributed by atoms with E-state index in [1.54, 1.807) is 28.4 Å². The van der Waals surface area contributed by atoms with Gasteiger partial charge in [-0.1, -0.05) is 12.1 Å². The van der Waals surface area contributed by atoms with Crippen LogP contribution >= 0.6 is 0 Å². The number of hydrogen-bond donors (Lipinski definition) is 0. The van der Waals surface area contributed by atoms with Crippen molar-refractivity contribution in [3.05, 3.63) is 60.7 Å². The second kappa shape index (κ2) is 8.29. The summed E-state index contributed by atoms with van der Waals surface area (Å²) in [6.07, 6.45) is 0. The van der Waals surface area contributed by atoms with Crippen molar-refractivity contribution in [2.24, 2.45) is 0 Å². The van der Waals surface area contributed by atoms with E-state index in [0.29, 0.717) is 40.0 Å². The Morgan fingerprint density at radius 3 is 1.20 bits per heavy atom. The maximum absolute atomic E-state index is 5.53. The Labute approximate surface area is 175 Å². The Bertz CT molecular complexity index is 1070. The fraction of sp³-hybridized carbons (Fsp3) is 0.167. The standard InChI is InChI=1S/C24H22N2O4/c1-27-18-7-5-8-19(28-2)22(18)16-13-11-15-12-14-17(26-24(15)25-16)23-20(29-3)9-6-10-21(23)30-4/h5-14H,1-4H3. The highest BCUT2D eigenvalue weighted by atomic mass is 16.5. The smallest absolute Gasteiger partial charge is 0.160 e. The van der Waals surface area contributed by atoms with Gasteiger partial charge in [0.2, 0.25) is 0 Å². The molecule has 4 aromatic rings. The van der Waals surface area contributed by atoms with Crippen LogP contribution in [0.25, 0.3) is 33.5 Å². The first-order chi connectivity index (χ1) is 14.7. The van der Waals surface area contributed by atoms with Gasteiger partial charge in [0.1, 0.15) is 23.0 Å². The van der Waals surface area contributed by atoms with Gasteiger partial charge in [-0.25, -0.2) is 9.97 Å². The average Bonchev–Trinajstić information content (AvgIpc) is 2.82. The summed E-state index contributed by atoms with van der Waals surface area (Å²) in [5.74, 6) is 2.74. The fourth-order valence-electron chi connectivity index (χ4n) is 3.48. The number of methoxy groups -OCH3 is 4. The molecule has 0 amide bonds. The van der Waals surface area contributed by atoms with Gasteiger partial charge in [-0.15, -0.1) is 0 Å². The van der Waals surface area contributed by atoms with Crippen LogP contribution in [0.5, 0.6) is 23.0 Å². The van der Waals surface area contributed by atoms with Crippen LogP contribution in [0.4, 0.5) is 0 Å². The first kappa shape index (κ1) is 19.5. The molecule has 0 aliphatic heterocycles. The molecule has 0 aliphatic carbocycles. The Morgan fingerprint density at radius 2 is 0.867 bits per heavy atom. The molecule has 0 unspecified atom stereocenters. The largest absolute Gasteiger partial charge is 0.496 e. The summed E-state index contributed by atoms with van der Waals surface area (Å²) in [4.78, 5) is 9.61. The number of hydrogen-bond acceptors (Lipinski definition) is 6. The fourth-order valence-corrected chi connectivity index (χ4v) is 3.48. The van der Waals surface area contributed by atoms with Crippen LogP contribution in [0, 0.1) is 0 Å². The van der Waals surface area contributed by atoms with Crippen molar-refractivity contribution in [1.29, 1.82) is 0 Å². The van der Waals surface area contributed by atoms with Crippen LogP contribution in [0.15, 0.2) is 60.7 Å². The topological polar surface area (TPSA) is 62.7 Å². The first-order valence-electron chi connectivity index (χ1n) is 9.40. The van der Waals surface area contributed by atoms with Gasteiger partial charge < -0.3 is 18.9 Å². The number of benzene rings is 2. The van der Waals surface area contributed by atoms with E-state index < -0.39 is 0 Å². The van der Waals surface area contributed by atoms with Crippen molar-refractivity contribution in [3.8, 4) is 45.5 Å². The van der Waals surface area contributed by atoms with Crippen LogP contribution in [0.3, 0.4) is 0 Å². The van der Waals surface area contributed by atoms with Crippen LogP contribution in [-0.4, -0.2) is 38.4 Å². The van der Waals surface area contributed by atoms with Crippen LogP contribution in [0.1, 0.15) is 0 Å². The molecule has 4 rings (SSSR count). The monoisotopic (exact) mass is 402 g/mol. The zero-order chi connectivity index (χ0) is 21.1. The van der Waals surface area contributed by atoms with Gasteiger partial charge in [0.25, 0.3) is 0 Å². The van der Waals surface area contributed by atoms with Gasteiger partial charge in [0.05, 0.1) is 51.0 Å². The van der Waals surface area contributed by atoms with E-state index in [9.17, 15) is 0 Å². The van der Waals surface area contributed by atoms with Gasteiger partial charge in [0, 0.05) is 5.39 Å². The third-order valence-electron chi connectivity index (χ3n) is 4.92. The van der Waals surface area contributed by atoms with Crippen LogP contribution in [0.2, 0.25) is 0 Å². The Hall–Kier alpha value is -3.80. The van der Waals surface area contributed by atoms with Crippen LogP contribution in [-0.2, 0) is 0 Å². The maximum atomic E-state index is 5.53. The summed E-state index contributed by atoms with van der Waals surface area (Å²) in [5, 5.41) is 0.922. The quantitative estimate of drug-likeness (QED) is 0.452. The maximum Gasteiger partial charge on any atom is 0.160 e. The molecule has 2 aromatic heterocycles. The minimum absolute atomic E-state index is 0.603. The number of fused-ring (bicyclic) bond motifs is 1. The molecule has 152 valence electrons. The third-order valence-corrected chi connectivity index (χ3v) is 4.92. The Kier molecular flexibility index (Phi) is 5.39. The molecule has 0 saturated heterocycles. The van der Waals surface area contributed by atoms with Crippen molar-refractivity contribution in [2.45, 2.75) is 0 Å². The number of ether oxygens (including phenoxy) is 4. The lowest BCUT2D eigenvalue weighted by Gasteiger charge is -2.14. The molecule has 0 aliphatic rings. The number of aromatic nitrogens is 2. The summed E-state index contributed by atoms with van der Waals surface area (Å²) in [6, 6.07) is 19.1. The molecular formula is C24H22N2O4. The lowest BCUT2D eigenvalue weighted by atomic mass is 10.1. The molecular weight excluding hydrogens is 380 g/mol. The molecule has 0 spiro atoms. The van der Waals surface area contributed by atoms with Crippen molar-refractivity contribution in [1.82, 2.24) is 9.97 Å². The second-order valence-corrected chi connectivity index (χ2v) is 6.51. The van der Waals surface area contributed by atoms with E-state index in [2.05, 4.69) is 0 Å². The number of pyridine rings is 2. The van der Waals surface area contributed by atoms with Gasteiger partial charge in [0.15, 0.2) is 5.65 Å². The minimum atomic E-state index is 0.603. The van der Waals surface area contributed by atoms with Gasteiger partial charge in [-0.2, -0.15) is 0 Å². The van der Waals surface area contributed by atoms with E-state index in [0.717, 1.165) is 16.5 Å². The lowest BCUT2D eigenvalue weighted by molar-refractivity contribution is 0.397. The SMILES string of the molecule is COc1cccc(OC)c1-c1ccc2ccc(-c3c(OC)cccc3OC)nc2n1. The van der Waals surface area contributed by atoms with Crippen molar-refractivity contribution in [3.63, 3.8) is 0 Å². The summed E-state index contributed by atoms with van der Waals surface area (Å²) >= 11 is 0. The number of rotatable bonds is 6. The average molecular weight is 402 g/mol. The zero-order valence-corrected chi connectivity index (χ0v) is 17.3. The molecule has 0 fully saturated rings.